The second kappa shape index (κ2) is 6.05. The van der Waals surface area contributed by atoms with E-state index in [4.69, 9.17) is 9.47 Å². The van der Waals surface area contributed by atoms with Gasteiger partial charge in [-0.05, 0) is 50.0 Å². The number of methoxy groups -OCH3 is 1. The molecule has 0 amide bonds. The molecule has 1 N–H and O–H groups in total. The molecule has 1 aromatic heterocycles. The van der Waals surface area contributed by atoms with Crippen LogP contribution in [0.4, 0.5) is 0 Å². The Morgan fingerprint density at radius 3 is 2.95 bits per heavy atom. The molecule has 106 valence electrons. The standard InChI is InChI=1S/C15H19N3O2/c1-19-15-17-9-12-8-13(2-3-14(12)18-15)20-10-11-4-6-16-7-5-11/h2-3,8-9,11,16H,4-7,10H2,1H3. The zero-order valence-electron chi connectivity index (χ0n) is 11.6. The van der Waals surface area contributed by atoms with Crippen LogP contribution in [-0.2, 0) is 0 Å². The number of hydrogen-bond acceptors (Lipinski definition) is 5. The van der Waals surface area contributed by atoms with Crippen molar-refractivity contribution < 1.29 is 9.47 Å². The van der Waals surface area contributed by atoms with E-state index in [0.717, 1.165) is 36.3 Å². The summed E-state index contributed by atoms with van der Waals surface area (Å²) in [6.45, 7) is 2.98. The molecule has 0 atom stereocenters. The maximum atomic E-state index is 5.90. The monoisotopic (exact) mass is 273 g/mol. The molecular weight excluding hydrogens is 254 g/mol. The highest BCUT2D eigenvalue weighted by Crippen LogP contribution is 2.22. The first-order valence-electron chi connectivity index (χ1n) is 6.99. The molecule has 20 heavy (non-hydrogen) atoms. The minimum atomic E-state index is 0.390. The van der Waals surface area contributed by atoms with E-state index in [0.29, 0.717) is 11.9 Å². The van der Waals surface area contributed by atoms with Crippen molar-refractivity contribution in [3.8, 4) is 11.8 Å². The molecule has 0 bridgehead atoms. The third kappa shape index (κ3) is 2.99. The smallest absolute Gasteiger partial charge is 0.316 e. The Bertz CT molecular complexity index is 582. The predicted molar refractivity (Wildman–Crippen MR) is 77.2 cm³/mol. The Labute approximate surface area is 118 Å². The highest BCUT2D eigenvalue weighted by molar-refractivity contribution is 5.79. The van der Waals surface area contributed by atoms with Gasteiger partial charge in [-0.1, -0.05) is 0 Å². The minimum absolute atomic E-state index is 0.390. The topological polar surface area (TPSA) is 56.3 Å². The van der Waals surface area contributed by atoms with Gasteiger partial charge >= 0.3 is 6.01 Å². The number of fused-ring (bicyclic) bond motifs is 1. The van der Waals surface area contributed by atoms with E-state index in [-0.39, 0.29) is 0 Å². The minimum Gasteiger partial charge on any atom is -0.493 e. The molecule has 1 aliphatic rings. The van der Waals surface area contributed by atoms with Crippen molar-refractivity contribution >= 4 is 10.9 Å². The fourth-order valence-corrected chi connectivity index (χ4v) is 2.45. The zero-order valence-corrected chi connectivity index (χ0v) is 11.6. The third-order valence-corrected chi connectivity index (χ3v) is 3.66. The molecule has 0 unspecified atom stereocenters. The van der Waals surface area contributed by atoms with Crippen LogP contribution < -0.4 is 14.8 Å². The predicted octanol–water partition coefficient (Wildman–Crippen LogP) is 2.02. The number of hydrogen-bond donors (Lipinski definition) is 1. The molecule has 0 spiro atoms. The molecule has 1 fully saturated rings. The van der Waals surface area contributed by atoms with E-state index in [1.165, 1.54) is 12.8 Å². The Morgan fingerprint density at radius 2 is 2.15 bits per heavy atom. The quantitative estimate of drug-likeness (QED) is 0.923. The van der Waals surface area contributed by atoms with Gasteiger partial charge in [-0.2, -0.15) is 4.98 Å². The van der Waals surface area contributed by atoms with Crippen LogP contribution in [-0.4, -0.2) is 36.8 Å². The summed E-state index contributed by atoms with van der Waals surface area (Å²) >= 11 is 0. The summed E-state index contributed by atoms with van der Waals surface area (Å²) in [5.74, 6) is 1.53. The molecule has 5 heteroatoms. The molecule has 0 aliphatic carbocycles. The number of aromatic nitrogens is 2. The van der Waals surface area contributed by atoms with Crippen molar-refractivity contribution in [2.75, 3.05) is 26.8 Å². The largest absolute Gasteiger partial charge is 0.493 e. The molecular formula is C15H19N3O2. The maximum Gasteiger partial charge on any atom is 0.316 e. The van der Waals surface area contributed by atoms with Crippen LogP contribution >= 0.6 is 0 Å². The zero-order chi connectivity index (χ0) is 13.8. The maximum absolute atomic E-state index is 5.90. The van der Waals surface area contributed by atoms with Gasteiger partial charge in [0, 0.05) is 11.6 Å². The second-order valence-electron chi connectivity index (χ2n) is 5.08. The fraction of sp³-hybridized carbons (Fsp3) is 0.467. The Hall–Kier alpha value is -1.88. The van der Waals surface area contributed by atoms with Gasteiger partial charge in [0.25, 0.3) is 0 Å². The summed E-state index contributed by atoms with van der Waals surface area (Å²) in [7, 11) is 1.57. The summed E-state index contributed by atoms with van der Waals surface area (Å²) in [4.78, 5) is 8.41. The lowest BCUT2D eigenvalue weighted by molar-refractivity contribution is 0.215. The first-order chi connectivity index (χ1) is 9.85. The van der Waals surface area contributed by atoms with Crippen molar-refractivity contribution in [2.45, 2.75) is 12.8 Å². The van der Waals surface area contributed by atoms with Crippen LogP contribution in [0, 0.1) is 5.92 Å². The summed E-state index contributed by atoms with van der Waals surface area (Å²) in [6.07, 6.45) is 4.14. The van der Waals surface area contributed by atoms with Crippen LogP contribution in [0.2, 0.25) is 0 Å². The summed E-state index contributed by atoms with van der Waals surface area (Å²) < 4.78 is 10.9. The van der Waals surface area contributed by atoms with Crippen molar-refractivity contribution in [3.63, 3.8) is 0 Å². The summed E-state index contributed by atoms with van der Waals surface area (Å²) in [5.41, 5.74) is 0.867. The average molecular weight is 273 g/mol. The van der Waals surface area contributed by atoms with Gasteiger partial charge in [-0.25, -0.2) is 4.98 Å². The second-order valence-corrected chi connectivity index (χ2v) is 5.08. The molecule has 1 aromatic carbocycles. The molecule has 0 radical (unpaired) electrons. The molecule has 5 nitrogen and oxygen atoms in total. The lowest BCUT2D eigenvalue weighted by Crippen LogP contribution is -2.30. The van der Waals surface area contributed by atoms with Crippen molar-refractivity contribution in [1.82, 2.24) is 15.3 Å². The highest BCUT2D eigenvalue weighted by Gasteiger charge is 2.13. The van der Waals surface area contributed by atoms with Crippen molar-refractivity contribution in [2.24, 2.45) is 5.92 Å². The van der Waals surface area contributed by atoms with Gasteiger partial charge in [-0.15, -0.1) is 0 Å². The average Bonchev–Trinajstić information content (AvgIpc) is 2.53. The van der Waals surface area contributed by atoms with Gasteiger partial charge in [0.1, 0.15) is 5.75 Å². The molecule has 0 saturated carbocycles. The van der Waals surface area contributed by atoms with E-state index in [9.17, 15) is 0 Å². The van der Waals surface area contributed by atoms with Crippen LogP contribution in [0.1, 0.15) is 12.8 Å². The van der Waals surface area contributed by atoms with Crippen molar-refractivity contribution in [1.29, 1.82) is 0 Å². The Morgan fingerprint density at radius 1 is 1.30 bits per heavy atom. The van der Waals surface area contributed by atoms with Crippen LogP contribution in [0.3, 0.4) is 0 Å². The Balaban J connectivity index is 1.69. The Kier molecular flexibility index (Phi) is 3.97. The number of ether oxygens (including phenoxy) is 2. The highest BCUT2D eigenvalue weighted by atomic mass is 16.5. The SMILES string of the molecule is COc1ncc2cc(OCC3CCNCC3)ccc2n1. The lowest BCUT2D eigenvalue weighted by atomic mass is 9.99. The lowest BCUT2D eigenvalue weighted by Gasteiger charge is -2.22. The van der Waals surface area contributed by atoms with Crippen LogP contribution in [0.25, 0.3) is 10.9 Å². The van der Waals surface area contributed by atoms with Gasteiger partial charge in [-0.3, -0.25) is 0 Å². The van der Waals surface area contributed by atoms with Gasteiger partial charge < -0.3 is 14.8 Å². The molecule has 2 aromatic rings. The number of rotatable bonds is 4. The first kappa shape index (κ1) is 13.1. The van der Waals surface area contributed by atoms with Gasteiger partial charge in [0.15, 0.2) is 0 Å². The van der Waals surface area contributed by atoms with E-state index in [1.807, 2.05) is 18.2 Å². The van der Waals surface area contributed by atoms with Crippen LogP contribution in [0.5, 0.6) is 11.8 Å². The number of piperidine rings is 1. The van der Waals surface area contributed by atoms with E-state index in [2.05, 4.69) is 15.3 Å². The first-order valence-corrected chi connectivity index (χ1v) is 6.99. The van der Waals surface area contributed by atoms with Gasteiger partial charge in [0.05, 0.1) is 19.2 Å². The van der Waals surface area contributed by atoms with Crippen molar-refractivity contribution in [3.05, 3.63) is 24.4 Å². The van der Waals surface area contributed by atoms with Gasteiger partial charge in [0.2, 0.25) is 0 Å². The third-order valence-electron chi connectivity index (χ3n) is 3.66. The molecule has 1 saturated heterocycles. The number of benzene rings is 1. The van der Waals surface area contributed by atoms with E-state index < -0.39 is 0 Å². The number of nitrogens with one attached hydrogen (secondary N) is 1. The van der Waals surface area contributed by atoms with E-state index >= 15 is 0 Å². The molecule has 3 rings (SSSR count). The normalized spacial score (nSPS) is 16.2. The number of nitrogens with zero attached hydrogens (tertiary/aromatic N) is 2. The summed E-state index contributed by atoms with van der Waals surface area (Å²) in [5, 5.41) is 4.33. The molecule has 1 aliphatic heterocycles. The molecule has 2 heterocycles. The van der Waals surface area contributed by atoms with Crippen LogP contribution in [0.15, 0.2) is 24.4 Å². The van der Waals surface area contributed by atoms with E-state index in [1.54, 1.807) is 13.3 Å². The summed E-state index contributed by atoms with van der Waals surface area (Å²) in [6, 6.07) is 6.27. The fourth-order valence-electron chi connectivity index (χ4n) is 2.45.